The van der Waals surface area contributed by atoms with Crippen LogP contribution in [0, 0.1) is 0 Å². The standard InChI is InChI=1S/C5H9Cl3O2S/c6-5(7,8)3-1-2-4-11(9)10/h1-4H2,(H,9,10)/p-1. The van der Waals surface area contributed by atoms with Crippen LogP contribution in [0.4, 0.5) is 0 Å². The van der Waals surface area contributed by atoms with Crippen LogP contribution in [0.1, 0.15) is 19.3 Å². The summed E-state index contributed by atoms with van der Waals surface area (Å²) in [6, 6.07) is 0. The first-order valence-electron chi connectivity index (χ1n) is 3.04. The molecule has 0 aliphatic heterocycles. The quantitative estimate of drug-likeness (QED) is 0.429. The summed E-state index contributed by atoms with van der Waals surface area (Å²) in [7, 11) is 0. The molecule has 0 bridgehead atoms. The highest BCUT2D eigenvalue weighted by atomic mass is 35.6. The Labute approximate surface area is 83.5 Å². The summed E-state index contributed by atoms with van der Waals surface area (Å²) in [5.74, 6) is 0.140. The number of unbranched alkanes of at least 4 members (excludes halogenated alkanes) is 1. The van der Waals surface area contributed by atoms with Crippen molar-refractivity contribution in [1.29, 1.82) is 0 Å². The summed E-state index contributed by atoms with van der Waals surface area (Å²) in [4.78, 5) is 0. The Balaban J connectivity index is 3.22. The van der Waals surface area contributed by atoms with Crippen LogP contribution in [-0.2, 0) is 11.1 Å². The molecule has 0 spiro atoms. The molecule has 0 heterocycles. The Kier molecular flexibility index (Phi) is 6.09. The van der Waals surface area contributed by atoms with Crippen molar-refractivity contribution >= 4 is 45.9 Å². The van der Waals surface area contributed by atoms with Crippen LogP contribution in [0.15, 0.2) is 0 Å². The van der Waals surface area contributed by atoms with E-state index in [1.807, 2.05) is 0 Å². The highest BCUT2D eigenvalue weighted by molar-refractivity contribution is 7.79. The minimum absolute atomic E-state index is 0.140. The first kappa shape index (κ1) is 12.0. The average molecular weight is 239 g/mol. The van der Waals surface area contributed by atoms with E-state index in [0.717, 1.165) is 0 Å². The molecule has 0 radical (unpaired) electrons. The molecule has 1 atom stereocenters. The van der Waals surface area contributed by atoms with E-state index in [-0.39, 0.29) is 5.75 Å². The third-order valence-electron chi connectivity index (χ3n) is 1.02. The van der Waals surface area contributed by atoms with Gasteiger partial charge in [-0.2, -0.15) is 0 Å². The molecule has 0 rings (SSSR count). The molecule has 0 saturated heterocycles. The number of hydrogen-bond acceptors (Lipinski definition) is 2. The first-order chi connectivity index (χ1) is 4.92. The Hall–Kier alpha value is 0.980. The maximum atomic E-state index is 10.0. The molecular formula is C5H8Cl3O2S-. The summed E-state index contributed by atoms with van der Waals surface area (Å²) >= 11 is 14.3. The van der Waals surface area contributed by atoms with Crippen molar-refractivity contribution in [3.63, 3.8) is 0 Å². The molecule has 0 aromatic carbocycles. The molecule has 0 saturated carbocycles. The van der Waals surface area contributed by atoms with Crippen molar-refractivity contribution in [1.82, 2.24) is 0 Å². The van der Waals surface area contributed by atoms with Gasteiger partial charge in [0.2, 0.25) is 0 Å². The van der Waals surface area contributed by atoms with Crippen molar-refractivity contribution in [2.75, 3.05) is 5.75 Å². The van der Waals surface area contributed by atoms with Crippen molar-refractivity contribution < 1.29 is 8.76 Å². The molecule has 0 aromatic heterocycles. The van der Waals surface area contributed by atoms with Gasteiger partial charge in [0.05, 0.1) is 0 Å². The van der Waals surface area contributed by atoms with Crippen LogP contribution in [0.5, 0.6) is 0 Å². The predicted octanol–water partition coefficient (Wildman–Crippen LogP) is 2.41. The van der Waals surface area contributed by atoms with E-state index in [9.17, 15) is 8.76 Å². The predicted molar refractivity (Wildman–Crippen MR) is 47.9 cm³/mol. The van der Waals surface area contributed by atoms with Crippen molar-refractivity contribution in [3.8, 4) is 0 Å². The smallest absolute Gasteiger partial charge is 0.190 e. The molecule has 0 fully saturated rings. The number of rotatable bonds is 4. The zero-order valence-electron chi connectivity index (χ0n) is 5.69. The van der Waals surface area contributed by atoms with Crippen LogP contribution < -0.4 is 0 Å². The molecule has 0 aromatic rings. The SMILES string of the molecule is O=S([O-])CCCCC(Cl)(Cl)Cl. The Bertz CT molecular complexity index is 134. The summed E-state index contributed by atoms with van der Waals surface area (Å²) < 4.78 is 18.8. The summed E-state index contributed by atoms with van der Waals surface area (Å²) in [6.45, 7) is 0. The number of alkyl halides is 3. The largest absolute Gasteiger partial charge is 0.772 e. The molecule has 11 heavy (non-hydrogen) atoms. The fourth-order valence-electron chi connectivity index (χ4n) is 0.545. The summed E-state index contributed by atoms with van der Waals surface area (Å²) in [5.41, 5.74) is 0. The highest BCUT2D eigenvalue weighted by Crippen LogP contribution is 2.31. The molecule has 0 N–H and O–H groups in total. The minimum Gasteiger partial charge on any atom is -0.772 e. The Morgan fingerprint density at radius 1 is 1.27 bits per heavy atom. The number of halogens is 3. The van der Waals surface area contributed by atoms with Gasteiger partial charge in [-0.15, -0.1) is 0 Å². The second kappa shape index (κ2) is 5.60. The average Bonchev–Trinajstić information content (AvgIpc) is 1.78. The first-order valence-corrected chi connectivity index (χ1v) is 5.42. The molecule has 2 nitrogen and oxygen atoms in total. The van der Waals surface area contributed by atoms with Crippen LogP contribution >= 0.6 is 34.8 Å². The van der Waals surface area contributed by atoms with E-state index in [1.54, 1.807) is 0 Å². The molecule has 0 aliphatic carbocycles. The van der Waals surface area contributed by atoms with Crippen LogP contribution in [0.25, 0.3) is 0 Å². The third-order valence-corrected chi connectivity index (χ3v) is 2.21. The molecule has 0 amide bonds. The molecule has 68 valence electrons. The summed E-state index contributed by atoms with van der Waals surface area (Å²) in [6.07, 6.45) is 1.56. The van der Waals surface area contributed by atoms with E-state index in [2.05, 4.69) is 0 Å². The highest BCUT2D eigenvalue weighted by Gasteiger charge is 2.17. The van der Waals surface area contributed by atoms with E-state index >= 15 is 0 Å². The lowest BCUT2D eigenvalue weighted by molar-refractivity contribution is 0.533. The number of hydrogen-bond donors (Lipinski definition) is 0. The van der Waals surface area contributed by atoms with Gasteiger partial charge in [0, 0.05) is 5.75 Å². The van der Waals surface area contributed by atoms with Gasteiger partial charge in [0.15, 0.2) is 3.79 Å². The van der Waals surface area contributed by atoms with Crippen LogP contribution in [-0.4, -0.2) is 18.3 Å². The van der Waals surface area contributed by atoms with Crippen molar-refractivity contribution in [2.45, 2.75) is 23.1 Å². The monoisotopic (exact) mass is 237 g/mol. The lowest BCUT2D eigenvalue weighted by Crippen LogP contribution is -2.03. The summed E-state index contributed by atoms with van der Waals surface area (Å²) in [5, 5.41) is 0. The maximum Gasteiger partial charge on any atom is 0.190 e. The van der Waals surface area contributed by atoms with Gasteiger partial charge in [-0.05, 0) is 19.3 Å². The Morgan fingerprint density at radius 2 is 1.82 bits per heavy atom. The second-order valence-corrected chi connectivity index (χ2v) is 5.61. The van der Waals surface area contributed by atoms with Gasteiger partial charge in [-0.1, -0.05) is 45.9 Å². The lowest BCUT2D eigenvalue weighted by atomic mass is 10.3. The van der Waals surface area contributed by atoms with Gasteiger partial charge < -0.3 is 4.55 Å². The lowest BCUT2D eigenvalue weighted by Gasteiger charge is -2.10. The normalized spacial score (nSPS) is 14.9. The van der Waals surface area contributed by atoms with E-state index < -0.39 is 14.9 Å². The van der Waals surface area contributed by atoms with Crippen LogP contribution in [0.2, 0.25) is 0 Å². The van der Waals surface area contributed by atoms with E-state index in [4.69, 9.17) is 34.8 Å². The zero-order valence-corrected chi connectivity index (χ0v) is 8.77. The van der Waals surface area contributed by atoms with Gasteiger partial charge in [0.25, 0.3) is 0 Å². The van der Waals surface area contributed by atoms with Crippen molar-refractivity contribution in [3.05, 3.63) is 0 Å². The van der Waals surface area contributed by atoms with Gasteiger partial charge >= 0.3 is 0 Å². The van der Waals surface area contributed by atoms with Gasteiger partial charge in [-0.25, -0.2) is 0 Å². The van der Waals surface area contributed by atoms with Gasteiger partial charge in [0.1, 0.15) is 0 Å². The third kappa shape index (κ3) is 11.0. The fraction of sp³-hybridized carbons (Fsp3) is 1.00. The fourth-order valence-corrected chi connectivity index (χ4v) is 1.39. The molecular weight excluding hydrogens is 230 g/mol. The molecule has 0 aliphatic rings. The topological polar surface area (TPSA) is 40.1 Å². The molecule has 6 heteroatoms. The Morgan fingerprint density at radius 3 is 2.18 bits per heavy atom. The van der Waals surface area contributed by atoms with E-state index in [0.29, 0.717) is 19.3 Å². The zero-order chi connectivity index (χ0) is 8.91. The van der Waals surface area contributed by atoms with Crippen LogP contribution in [0.3, 0.4) is 0 Å². The van der Waals surface area contributed by atoms with E-state index in [1.165, 1.54) is 0 Å². The minimum atomic E-state index is -1.97. The maximum absolute atomic E-state index is 10.0. The second-order valence-electron chi connectivity index (χ2n) is 2.08. The van der Waals surface area contributed by atoms with Gasteiger partial charge in [-0.3, -0.25) is 4.21 Å². The molecule has 1 unspecified atom stereocenters. The van der Waals surface area contributed by atoms with Crippen molar-refractivity contribution in [2.24, 2.45) is 0 Å².